The van der Waals surface area contributed by atoms with E-state index < -0.39 is 5.97 Å². The number of aromatic nitrogens is 1. The topological polar surface area (TPSA) is 50.2 Å². The van der Waals surface area contributed by atoms with Gasteiger partial charge in [-0.3, -0.25) is 0 Å². The molecular weight excluding hydrogens is 261 g/mol. The van der Waals surface area contributed by atoms with Crippen LogP contribution in [0.2, 0.25) is 0 Å². The molecule has 0 aliphatic heterocycles. The minimum atomic E-state index is -0.934. The molecule has 3 rings (SSSR count). The first-order chi connectivity index (χ1) is 9.25. The Morgan fingerprint density at radius 3 is 2.30 bits per heavy atom. The Balaban J connectivity index is 0.00000147. The van der Waals surface area contributed by atoms with Crippen molar-refractivity contribution in [2.24, 2.45) is 0 Å². The first kappa shape index (κ1) is 14.7. The van der Waals surface area contributed by atoms with Crippen molar-refractivity contribution >= 4 is 46.4 Å². The number of para-hydroxylation sites is 1. The molecule has 2 aromatic carbocycles. The van der Waals surface area contributed by atoms with Gasteiger partial charge in [0, 0.05) is 40.5 Å². The van der Waals surface area contributed by atoms with Gasteiger partial charge in [-0.05, 0) is 12.1 Å². The molecule has 20 heavy (non-hydrogen) atoms. The third kappa shape index (κ3) is 2.75. The van der Waals surface area contributed by atoms with Gasteiger partial charge >= 0.3 is 5.97 Å². The zero-order valence-electron chi connectivity index (χ0n) is 11.1. The maximum Gasteiger partial charge on any atom is 0.336 e. The van der Waals surface area contributed by atoms with Crippen LogP contribution in [0.1, 0.15) is 10.4 Å². The molecule has 3 nitrogen and oxygen atoms in total. The van der Waals surface area contributed by atoms with Crippen LogP contribution in [0.15, 0.2) is 60.7 Å². The molecule has 0 saturated carbocycles. The molecule has 0 aliphatic rings. The number of carbonyl (C=O) groups is 1. The van der Waals surface area contributed by atoms with Gasteiger partial charge in [0.1, 0.15) is 0 Å². The summed E-state index contributed by atoms with van der Waals surface area (Å²) in [5, 5.41) is 9.99. The molecule has 0 bridgehead atoms. The smallest absolute Gasteiger partial charge is 0.336 e. The number of nitrogens with zero attached hydrogens (tertiary/aromatic N) is 1. The number of carboxylic acids is 1. The average molecular weight is 272 g/mol. The van der Waals surface area contributed by atoms with Crippen LogP contribution in [0.3, 0.4) is 0 Å². The van der Waals surface area contributed by atoms with Gasteiger partial charge in [0.15, 0.2) is 0 Å². The van der Waals surface area contributed by atoms with E-state index in [2.05, 4.69) is 4.98 Å². The number of rotatable bonds is 2. The van der Waals surface area contributed by atoms with E-state index in [0.717, 1.165) is 5.56 Å². The van der Waals surface area contributed by atoms with E-state index in [-0.39, 0.29) is 35.1 Å². The number of fused-ring (bicyclic) bond motifs is 1. The zero-order valence-corrected chi connectivity index (χ0v) is 13.1. The van der Waals surface area contributed by atoms with Gasteiger partial charge in [0.25, 0.3) is 0 Å². The van der Waals surface area contributed by atoms with E-state index in [1.807, 2.05) is 48.5 Å². The largest absolute Gasteiger partial charge is 0.478 e. The van der Waals surface area contributed by atoms with Crippen molar-refractivity contribution in [1.29, 1.82) is 0 Å². The summed E-state index contributed by atoms with van der Waals surface area (Å²) in [5.41, 5.74) is 2.57. The Hall–Kier alpha value is -1.68. The van der Waals surface area contributed by atoms with Crippen molar-refractivity contribution in [3.8, 4) is 11.3 Å². The van der Waals surface area contributed by atoms with Crippen LogP contribution in [-0.2, 0) is 0 Å². The minimum absolute atomic E-state index is 0. The summed E-state index contributed by atoms with van der Waals surface area (Å²) in [6, 6.07) is 18.5. The van der Waals surface area contributed by atoms with E-state index in [9.17, 15) is 9.90 Å². The maximum atomic E-state index is 11.4. The molecule has 3 aromatic rings. The summed E-state index contributed by atoms with van der Waals surface area (Å²) >= 11 is 0. The first-order valence-corrected chi connectivity index (χ1v) is 5.94. The Kier molecular flexibility index (Phi) is 4.55. The second-order valence-corrected chi connectivity index (χ2v) is 4.24. The van der Waals surface area contributed by atoms with E-state index in [1.54, 1.807) is 12.1 Å². The SMILES string of the molecule is O=C(O)c1cc(-c2ccccc2)nc2ccccc12.[Na]. The first-order valence-electron chi connectivity index (χ1n) is 5.94. The van der Waals surface area contributed by atoms with Crippen molar-refractivity contribution in [3.05, 3.63) is 66.2 Å². The van der Waals surface area contributed by atoms with Gasteiger partial charge in [0.05, 0.1) is 16.8 Å². The number of aromatic carboxylic acids is 1. The van der Waals surface area contributed by atoms with Gasteiger partial charge in [0.2, 0.25) is 0 Å². The van der Waals surface area contributed by atoms with Gasteiger partial charge in [-0.15, -0.1) is 0 Å². The molecule has 1 heterocycles. The average Bonchev–Trinajstić information content (AvgIpc) is 2.47. The molecule has 0 unspecified atom stereocenters. The summed E-state index contributed by atoms with van der Waals surface area (Å²) < 4.78 is 0. The molecule has 1 radical (unpaired) electrons. The van der Waals surface area contributed by atoms with Crippen LogP contribution in [0.4, 0.5) is 0 Å². The normalized spacial score (nSPS) is 10.0. The molecule has 0 aliphatic carbocycles. The van der Waals surface area contributed by atoms with Crippen molar-refractivity contribution in [3.63, 3.8) is 0 Å². The summed E-state index contributed by atoms with van der Waals surface area (Å²) in [6.07, 6.45) is 0. The molecular formula is C16H11NNaO2. The fraction of sp³-hybridized carbons (Fsp3) is 0. The standard InChI is InChI=1S/C16H11NO2.Na/c18-16(19)13-10-15(11-6-2-1-3-7-11)17-14-9-5-4-8-12(13)14;/h1-10H,(H,18,19);. The second kappa shape index (κ2) is 6.18. The van der Waals surface area contributed by atoms with E-state index in [0.29, 0.717) is 16.6 Å². The molecule has 1 aromatic heterocycles. The molecule has 93 valence electrons. The van der Waals surface area contributed by atoms with Crippen LogP contribution in [-0.4, -0.2) is 45.6 Å². The zero-order chi connectivity index (χ0) is 13.2. The summed E-state index contributed by atoms with van der Waals surface area (Å²) in [6.45, 7) is 0. The molecule has 0 spiro atoms. The summed E-state index contributed by atoms with van der Waals surface area (Å²) in [5.74, 6) is -0.934. The maximum absolute atomic E-state index is 11.4. The Labute approximate surface area is 138 Å². The number of hydrogen-bond donors (Lipinski definition) is 1. The Bertz CT molecular complexity index is 757. The fourth-order valence-electron chi connectivity index (χ4n) is 2.11. The number of carboxylic acid groups (broad SMARTS) is 1. The van der Waals surface area contributed by atoms with Crippen LogP contribution in [0.5, 0.6) is 0 Å². The predicted molar refractivity (Wildman–Crippen MR) is 79.9 cm³/mol. The quantitative estimate of drug-likeness (QED) is 0.729. The monoisotopic (exact) mass is 272 g/mol. The van der Waals surface area contributed by atoms with Crippen molar-refractivity contribution in [2.75, 3.05) is 0 Å². The molecule has 4 heteroatoms. The minimum Gasteiger partial charge on any atom is -0.478 e. The third-order valence-electron chi connectivity index (χ3n) is 3.02. The van der Waals surface area contributed by atoms with Crippen LogP contribution in [0.25, 0.3) is 22.2 Å². The third-order valence-corrected chi connectivity index (χ3v) is 3.02. The molecule has 1 N–H and O–H groups in total. The van der Waals surface area contributed by atoms with Gasteiger partial charge in [-0.1, -0.05) is 48.5 Å². The summed E-state index contributed by atoms with van der Waals surface area (Å²) in [4.78, 5) is 15.9. The molecule has 0 fully saturated rings. The van der Waals surface area contributed by atoms with E-state index in [4.69, 9.17) is 0 Å². The van der Waals surface area contributed by atoms with Crippen LogP contribution < -0.4 is 0 Å². The van der Waals surface area contributed by atoms with Crippen LogP contribution in [0, 0.1) is 0 Å². The molecule has 0 amide bonds. The van der Waals surface area contributed by atoms with E-state index in [1.165, 1.54) is 0 Å². The van der Waals surface area contributed by atoms with Gasteiger partial charge in [-0.2, -0.15) is 0 Å². The molecule has 0 saturated heterocycles. The van der Waals surface area contributed by atoms with Crippen molar-refractivity contribution < 1.29 is 9.90 Å². The van der Waals surface area contributed by atoms with Crippen LogP contribution >= 0.6 is 0 Å². The predicted octanol–water partition coefficient (Wildman–Crippen LogP) is 3.22. The fourth-order valence-corrected chi connectivity index (χ4v) is 2.11. The molecule has 0 atom stereocenters. The van der Waals surface area contributed by atoms with Crippen molar-refractivity contribution in [1.82, 2.24) is 4.98 Å². The van der Waals surface area contributed by atoms with Gasteiger partial charge in [-0.25, -0.2) is 9.78 Å². The van der Waals surface area contributed by atoms with Gasteiger partial charge < -0.3 is 5.11 Å². The number of benzene rings is 2. The van der Waals surface area contributed by atoms with Crippen molar-refractivity contribution in [2.45, 2.75) is 0 Å². The Morgan fingerprint density at radius 1 is 0.950 bits per heavy atom. The number of hydrogen-bond acceptors (Lipinski definition) is 2. The van der Waals surface area contributed by atoms with E-state index >= 15 is 0 Å². The second-order valence-electron chi connectivity index (χ2n) is 4.24. The summed E-state index contributed by atoms with van der Waals surface area (Å²) in [7, 11) is 0. The number of pyridine rings is 1. The Morgan fingerprint density at radius 2 is 1.60 bits per heavy atom.